The summed E-state index contributed by atoms with van der Waals surface area (Å²) in [6.07, 6.45) is 2.59. The van der Waals surface area contributed by atoms with E-state index in [4.69, 9.17) is 0 Å². The van der Waals surface area contributed by atoms with Gasteiger partial charge in [-0.2, -0.15) is 0 Å². The van der Waals surface area contributed by atoms with Crippen LogP contribution >= 0.6 is 0 Å². The zero-order valence-corrected chi connectivity index (χ0v) is 13.1. The van der Waals surface area contributed by atoms with Crippen molar-refractivity contribution in [1.29, 1.82) is 0 Å². The van der Waals surface area contributed by atoms with Crippen LogP contribution in [-0.2, 0) is 11.2 Å². The number of rotatable bonds is 4. The smallest absolute Gasteiger partial charge is 0.223 e. The number of fused-ring (bicyclic) bond motifs is 1. The van der Waals surface area contributed by atoms with Crippen LogP contribution in [0.15, 0.2) is 24.3 Å². The predicted molar refractivity (Wildman–Crippen MR) is 85.1 cm³/mol. The maximum atomic E-state index is 12.6. The monoisotopic (exact) mass is 286 g/mol. The van der Waals surface area contributed by atoms with Gasteiger partial charge in [-0.05, 0) is 37.2 Å². The first kappa shape index (κ1) is 14.6. The number of carbonyl (C=O) groups is 1. The molecule has 3 nitrogen and oxygen atoms in total. The fourth-order valence-electron chi connectivity index (χ4n) is 3.98. The predicted octanol–water partition coefficient (Wildman–Crippen LogP) is 2.38. The van der Waals surface area contributed by atoms with E-state index in [9.17, 15) is 4.79 Å². The topological polar surface area (TPSA) is 32.3 Å². The molecule has 2 fully saturated rings. The van der Waals surface area contributed by atoms with E-state index in [0.717, 1.165) is 32.5 Å². The first-order valence-electron chi connectivity index (χ1n) is 8.24. The van der Waals surface area contributed by atoms with Gasteiger partial charge < -0.3 is 10.2 Å². The molecule has 114 valence electrons. The number of aryl methyl sites for hydroxylation is 2. The highest BCUT2D eigenvalue weighted by Gasteiger charge is 2.44. The molecule has 0 aliphatic carbocycles. The fraction of sp³-hybridized carbons (Fsp3) is 0.611. The van der Waals surface area contributed by atoms with Crippen molar-refractivity contribution in [2.24, 2.45) is 11.8 Å². The van der Waals surface area contributed by atoms with Crippen molar-refractivity contribution < 1.29 is 4.79 Å². The Bertz CT molecular complexity index is 496. The normalized spacial score (nSPS) is 27.9. The van der Waals surface area contributed by atoms with Gasteiger partial charge in [-0.1, -0.05) is 36.8 Å². The number of nitrogens with one attached hydrogen (secondary N) is 1. The van der Waals surface area contributed by atoms with Crippen molar-refractivity contribution >= 4 is 5.91 Å². The Morgan fingerprint density at radius 1 is 1.29 bits per heavy atom. The Morgan fingerprint density at radius 3 is 2.76 bits per heavy atom. The average Bonchev–Trinajstić information content (AvgIpc) is 3.06. The molecule has 0 aromatic heterocycles. The third-order valence-electron chi connectivity index (χ3n) is 5.20. The van der Waals surface area contributed by atoms with Crippen LogP contribution in [0.5, 0.6) is 0 Å². The van der Waals surface area contributed by atoms with E-state index < -0.39 is 0 Å². The van der Waals surface area contributed by atoms with Crippen LogP contribution in [0.4, 0.5) is 0 Å². The fourth-order valence-corrected chi connectivity index (χ4v) is 3.98. The van der Waals surface area contributed by atoms with Gasteiger partial charge >= 0.3 is 0 Å². The molecule has 3 unspecified atom stereocenters. The zero-order chi connectivity index (χ0) is 14.8. The van der Waals surface area contributed by atoms with Gasteiger partial charge in [-0.25, -0.2) is 0 Å². The molecule has 3 atom stereocenters. The van der Waals surface area contributed by atoms with Crippen molar-refractivity contribution in [3.8, 4) is 0 Å². The lowest BCUT2D eigenvalue weighted by Crippen LogP contribution is -2.39. The molecule has 1 N–H and O–H groups in total. The van der Waals surface area contributed by atoms with Crippen molar-refractivity contribution in [2.45, 2.75) is 39.2 Å². The molecule has 2 heterocycles. The minimum Gasteiger partial charge on any atom is -0.339 e. The van der Waals surface area contributed by atoms with Crippen LogP contribution in [0.1, 0.15) is 30.9 Å². The molecule has 3 rings (SSSR count). The largest absolute Gasteiger partial charge is 0.339 e. The van der Waals surface area contributed by atoms with E-state index in [0.29, 0.717) is 30.2 Å². The molecule has 2 aliphatic heterocycles. The third-order valence-corrected chi connectivity index (χ3v) is 5.20. The Morgan fingerprint density at radius 2 is 2.05 bits per heavy atom. The molecular weight excluding hydrogens is 260 g/mol. The molecule has 0 saturated carbocycles. The summed E-state index contributed by atoms with van der Waals surface area (Å²) in [7, 11) is 0. The molecule has 2 aliphatic rings. The lowest BCUT2D eigenvalue weighted by Gasteiger charge is -2.27. The van der Waals surface area contributed by atoms with Gasteiger partial charge in [0.15, 0.2) is 0 Å². The standard InChI is InChI=1S/C18H26N2O/c1-3-17-16-11-19-10-15(16)12-20(17)18(21)9-8-14-6-4-13(2)5-7-14/h4-7,15-17,19H,3,8-12H2,1-2H3. The SMILES string of the molecule is CCC1C2CNCC2CN1C(=O)CCc1ccc(C)cc1. The van der Waals surface area contributed by atoms with Crippen LogP contribution < -0.4 is 5.32 Å². The Hall–Kier alpha value is -1.35. The van der Waals surface area contributed by atoms with Gasteiger partial charge in [0, 0.05) is 32.1 Å². The molecular formula is C18H26N2O. The highest BCUT2D eigenvalue weighted by atomic mass is 16.2. The molecule has 0 bridgehead atoms. The molecule has 0 radical (unpaired) electrons. The number of hydrogen-bond donors (Lipinski definition) is 1. The van der Waals surface area contributed by atoms with Gasteiger partial charge in [-0.3, -0.25) is 4.79 Å². The van der Waals surface area contributed by atoms with E-state index in [2.05, 4.69) is 48.3 Å². The minimum absolute atomic E-state index is 0.344. The third kappa shape index (κ3) is 2.98. The quantitative estimate of drug-likeness (QED) is 0.921. The van der Waals surface area contributed by atoms with Gasteiger partial charge in [0.1, 0.15) is 0 Å². The van der Waals surface area contributed by atoms with Gasteiger partial charge in [0.25, 0.3) is 0 Å². The molecule has 2 saturated heterocycles. The Kier molecular flexibility index (Phi) is 4.29. The summed E-state index contributed by atoms with van der Waals surface area (Å²) >= 11 is 0. The second-order valence-electron chi connectivity index (χ2n) is 6.59. The zero-order valence-electron chi connectivity index (χ0n) is 13.1. The minimum atomic E-state index is 0.344. The molecule has 1 amide bonds. The number of carbonyl (C=O) groups excluding carboxylic acids is 1. The number of likely N-dealkylation sites (tertiary alicyclic amines) is 1. The summed E-state index contributed by atoms with van der Waals surface area (Å²) in [5, 5.41) is 3.47. The highest BCUT2D eigenvalue weighted by Crippen LogP contribution is 2.34. The second-order valence-corrected chi connectivity index (χ2v) is 6.59. The molecule has 3 heteroatoms. The van der Waals surface area contributed by atoms with Crippen molar-refractivity contribution in [1.82, 2.24) is 10.2 Å². The van der Waals surface area contributed by atoms with Gasteiger partial charge in [0.05, 0.1) is 0 Å². The van der Waals surface area contributed by atoms with Crippen molar-refractivity contribution in [3.05, 3.63) is 35.4 Å². The molecule has 0 spiro atoms. The number of benzene rings is 1. The van der Waals surface area contributed by atoms with Crippen LogP contribution in [0.3, 0.4) is 0 Å². The van der Waals surface area contributed by atoms with E-state index in [1.165, 1.54) is 11.1 Å². The van der Waals surface area contributed by atoms with Crippen molar-refractivity contribution in [2.75, 3.05) is 19.6 Å². The first-order valence-corrected chi connectivity index (χ1v) is 8.24. The summed E-state index contributed by atoms with van der Waals surface area (Å²) in [5.74, 6) is 1.70. The van der Waals surface area contributed by atoms with Crippen LogP contribution in [0.2, 0.25) is 0 Å². The average molecular weight is 286 g/mol. The summed E-state index contributed by atoms with van der Waals surface area (Å²) in [5.41, 5.74) is 2.54. The van der Waals surface area contributed by atoms with Gasteiger partial charge in [0.2, 0.25) is 5.91 Å². The summed E-state index contributed by atoms with van der Waals surface area (Å²) < 4.78 is 0. The van der Waals surface area contributed by atoms with Gasteiger partial charge in [-0.15, -0.1) is 0 Å². The number of amides is 1. The maximum absolute atomic E-state index is 12.6. The van der Waals surface area contributed by atoms with Crippen molar-refractivity contribution in [3.63, 3.8) is 0 Å². The molecule has 1 aromatic carbocycles. The van der Waals surface area contributed by atoms with Crippen LogP contribution in [0, 0.1) is 18.8 Å². The second kappa shape index (κ2) is 6.18. The summed E-state index contributed by atoms with van der Waals surface area (Å²) in [6.45, 7) is 7.44. The number of nitrogens with zero attached hydrogens (tertiary/aromatic N) is 1. The highest BCUT2D eigenvalue weighted by molar-refractivity contribution is 5.77. The van der Waals surface area contributed by atoms with E-state index in [1.807, 2.05) is 0 Å². The van der Waals surface area contributed by atoms with E-state index in [1.54, 1.807) is 0 Å². The Balaban J connectivity index is 1.59. The lowest BCUT2D eigenvalue weighted by molar-refractivity contribution is -0.132. The molecule has 21 heavy (non-hydrogen) atoms. The van der Waals surface area contributed by atoms with E-state index in [-0.39, 0.29) is 0 Å². The molecule has 1 aromatic rings. The first-order chi connectivity index (χ1) is 10.2. The maximum Gasteiger partial charge on any atom is 0.223 e. The summed E-state index contributed by atoms with van der Waals surface area (Å²) in [4.78, 5) is 14.8. The van der Waals surface area contributed by atoms with Crippen LogP contribution in [0.25, 0.3) is 0 Å². The van der Waals surface area contributed by atoms with Crippen LogP contribution in [-0.4, -0.2) is 36.5 Å². The lowest BCUT2D eigenvalue weighted by atomic mass is 9.93. The summed E-state index contributed by atoms with van der Waals surface area (Å²) in [6, 6.07) is 8.99. The van der Waals surface area contributed by atoms with E-state index >= 15 is 0 Å². The number of hydrogen-bond acceptors (Lipinski definition) is 2. The Labute approximate surface area is 127 Å².